The van der Waals surface area contributed by atoms with E-state index < -0.39 is 35.1 Å². The summed E-state index contributed by atoms with van der Waals surface area (Å²) in [7, 11) is 0. The summed E-state index contributed by atoms with van der Waals surface area (Å²) in [6, 6.07) is 7.90. The average molecular weight is 348 g/mol. The standard InChI is InChI=1S/C17H11F3N2O3/c1-9(24-17(23)13-7-6-12(19)8-14(13)20)15-21-22-16(25-15)10-2-4-11(18)5-3-10/h2-9H,1H3/t9-/m1/s1. The molecule has 0 aliphatic rings. The molecule has 1 heterocycles. The summed E-state index contributed by atoms with van der Waals surface area (Å²) < 4.78 is 49.8. The molecule has 0 saturated heterocycles. The minimum absolute atomic E-state index is 0.0183. The number of carbonyl (C=O) groups is 1. The van der Waals surface area contributed by atoms with E-state index in [2.05, 4.69) is 10.2 Å². The number of halogens is 3. The van der Waals surface area contributed by atoms with Gasteiger partial charge in [0.2, 0.25) is 5.89 Å². The van der Waals surface area contributed by atoms with Crippen molar-refractivity contribution < 1.29 is 27.1 Å². The van der Waals surface area contributed by atoms with Crippen LogP contribution in [-0.4, -0.2) is 16.2 Å². The molecular weight excluding hydrogens is 337 g/mol. The largest absolute Gasteiger partial charge is 0.449 e. The predicted octanol–water partition coefficient (Wildman–Crippen LogP) is 4.07. The van der Waals surface area contributed by atoms with Crippen molar-refractivity contribution in [3.63, 3.8) is 0 Å². The molecule has 1 aromatic heterocycles. The summed E-state index contributed by atoms with van der Waals surface area (Å²) in [5.74, 6) is -3.14. The highest BCUT2D eigenvalue weighted by atomic mass is 19.1. The second-order valence-electron chi connectivity index (χ2n) is 5.12. The molecule has 5 nitrogen and oxygen atoms in total. The Morgan fingerprint density at radius 2 is 1.72 bits per heavy atom. The monoisotopic (exact) mass is 348 g/mol. The first-order valence-electron chi connectivity index (χ1n) is 7.19. The third-order valence-corrected chi connectivity index (χ3v) is 3.31. The molecule has 0 aliphatic carbocycles. The molecule has 25 heavy (non-hydrogen) atoms. The SMILES string of the molecule is C[C@@H](OC(=O)c1ccc(F)cc1F)c1nnc(-c2ccc(F)cc2)o1. The molecule has 0 saturated carbocycles. The van der Waals surface area contributed by atoms with Gasteiger partial charge in [0, 0.05) is 11.6 Å². The van der Waals surface area contributed by atoms with Gasteiger partial charge in [0.25, 0.3) is 5.89 Å². The first-order valence-corrected chi connectivity index (χ1v) is 7.19. The number of benzene rings is 2. The summed E-state index contributed by atoms with van der Waals surface area (Å²) in [5, 5.41) is 7.55. The van der Waals surface area contributed by atoms with Crippen molar-refractivity contribution in [2.45, 2.75) is 13.0 Å². The zero-order valence-electron chi connectivity index (χ0n) is 12.9. The Morgan fingerprint density at radius 3 is 2.40 bits per heavy atom. The quantitative estimate of drug-likeness (QED) is 0.665. The molecule has 3 aromatic rings. The summed E-state index contributed by atoms with van der Waals surface area (Å²) >= 11 is 0. The van der Waals surface area contributed by atoms with Crippen molar-refractivity contribution in [2.75, 3.05) is 0 Å². The van der Waals surface area contributed by atoms with Gasteiger partial charge in [-0.05, 0) is 43.3 Å². The number of nitrogens with zero attached hydrogens (tertiary/aromatic N) is 2. The maximum atomic E-state index is 13.6. The lowest BCUT2D eigenvalue weighted by Gasteiger charge is -2.09. The summed E-state index contributed by atoms with van der Waals surface area (Å²) in [5.41, 5.74) is 0.0785. The van der Waals surface area contributed by atoms with Crippen molar-refractivity contribution in [3.8, 4) is 11.5 Å². The Bertz CT molecular complexity index is 910. The molecule has 0 amide bonds. The van der Waals surface area contributed by atoms with Gasteiger partial charge in [0.05, 0.1) is 5.56 Å². The van der Waals surface area contributed by atoms with Crippen LogP contribution in [0.15, 0.2) is 46.9 Å². The van der Waals surface area contributed by atoms with Gasteiger partial charge in [-0.3, -0.25) is 0 Å². The molecule has 8 heteroatoms. The summed E-state index contributed by atoms with van der Waals surface area (Å²) in [6.45, 7) is 1.46. The van der Waals surface area contributed by atoms with Crippen LogP contribution in [0.1, 0.15) is 29.3 Å². The second kappa shape index (κ2) is 6.76. The van der Waals surface area contributed by atoms with E-state index in [1.807, 2.05) is 0 Å². The van der Waals surface area contributed by atoms with Crippen molar-refractivity contribution in [1.82, 2.24) is 10.2 Å². The fraction of sp³-hybridized carbons (Fsp3) is 0.118. The highest BCUT2D eigenvalue weighted by molar-refractivity contribution is 5.89. The molecule has 0 aliphatic heterocycles. The number of carbonyl (C=O) groups excluding carboxylic acids is 1. The van der Waals surface area contributed by atoms with Crippen LogP contribution in [0.3, 0.4) is 0 Å². The van der Waals surface area contributed by atoms with Crippen molar-refractivity contribution in [2.24, 2.45) is 0 Å². The fourth-order valence-electron chi connectivity index (χ4n) is 2.04. The van der Waals surface area contributed by atoms with Crippen LogP contribution in [0, 0.1) is 17.5 Å². The number of esters is 1. The van der Waals surface area contributed by atoms with E-state index in [0.717, 1.165) is 12.1 Å². The lowest BCUT2D eigenvalue weighted by Crippen LogP contribution is -2.11. The van der Waals surface area contributed by atoms with Crippen LogP contribution in [0.2, 0.25) is 0 Å². The van der Waals surface area contributed by atoms with E-state index >= 15 is 0 Å². The average Bonchev–Trinajstić information content (AvgIpc) is 3.05. The van der Waals surface area contributed by atoms with E-state index in [1.54, 1.807) is 0 Å². The molecule has 0 spiro atoms. The first-order chi connectivity index (χ1) is 11.9. The predicted molar refractivity (Wildman–Crippen MR) is 79.9 cm³/mol. The molecule has 1 atom stereocenters. The van der Waals surface area contributed by atoms with Crippen LogP contribution in [-0.2, 0) is 4.74 Å². The molecule has 3 rings (SSSR count). The number of rotatable bonds is 4. The maximum Gasteiger partial charge on any atom is 0.341 e. The third kappa shape index (κ3) is 3.68. The number of ether oxygens (including phenoxy) is 1. The van der Waals surface area contributed by atoms with Crippen molar-refractivity contribution in [1.29, 1.82) is 0 Å². The Kier molecular flexibility index (Phi) is 4.51. The van der Waals surface area contributed by atoms with Crippen molar-refractivity contribution in [3.05, 3.63) is 71.4 Å². The Hall–Kier alpha value is -3.16. The van der Waals surface area contributed by atoms with Gasteiger partial charge in [0.1, 0.15) is 17.5 Å². The van der Waals surface area contributed by atoms with E-state index in [-0.39, 0.29) is 11.8 Å². The van der Waals surface area contributed by atoms with E-state index in [4.69, 9.17) is 9.15 Å². The van der Waals surface area contributed by atoms with Crippen LogP contribution in [0.5, 0.6) is 0 Å². The summed E-state index contributed by atoms with van der Waals surface area (Å²) in [4.78, 5) is 12.0. The highest BCUT2D eigenvalue weighted by Gasteiger charge is 2.22. The lowest BCUT2D eigenvalue weighted by atomic mass is 10.2. The molecule has 0 radical (unpaired) electrons. The molecule has 0 bridgehead atoms. The number of hydrogen-bond acceptors (Lipinski definition) is 5. The van der Waals surface area contributed by atoms with E-state index in [0.29, 0.717) is 11.6 Å². The number of aromatic nitrogens is 2. The van der Waals surface area contributed by atoms with Crippen LogP contribution in [0.4, 0.5) is 13.2 Å². The topological polar surface area (TPSA) is 65.2 Å². The van der Waals surface area contributed by atoms with Gasteiger partial charge in [-0.25, -0.2) is 18.0 Å². The van der Waals surface area contributed by atoms with Crippen molar-refractivity contribution >= 4 is 5.97 Å². The van der Waals surface area contributed by atoms with Crippen LogP contribution in [0.25, 0.3) is 11.5 Å². The van der Waals surface area contributed by atoms with E-state index in [9.17, 15) is 18.0 Å². The molecule has 0 unspecified atom stereocenters. The smallest absolute Gasteiger partial charge is 0.341 e. The number of hydrogen-bond donors (Lipinski definition) is 0. The van der Waals surface area contributed by atoms with Gasteiger partial charge in [-0.2, -0.15) is 0 Å². The maximum absolute atomic E-state index is 13.6. The normalized spacial score (nSPS) is 12.0. The van der Waals surface area contributed by atoms with Crippen LogP contribution >= 0.6 is 0 Å². The third-order valence-electron chi connectivity index (χ3n) is 3.31. The fourth-order valence-corrected chi connectivity index (χ4v) is 2.04. The Labute approximate surface area is 140 Å². The highest BCUT2D eigenvalue weighted by Crippen LogP contribution is 2.23. The molecular formula is C17H11F3N2O3. The zero-order valence-corrected chi connectivity index (χ0v) is 12.9. The van der Waals surface area contributed by atoms with E-state index in [1.165, 1.54) is 31.2 Å². The molecule has 2 aromatic carbocycles. The molecule has 128 valence electrons. The minimum Gasteiger partial charge on any atom is -0.449 e. The van der Waals surface area contributed by atoms with Gasteiger partial charge in [0.15, 0.2) is 6.10 Å². The molecule has 0 N–H and O–H groups in total. The van der Waals surface area contributed by atoms with Gasteiger partial charge >= 0.3 is 5.97 Å². The van der Waals surface area contributed by atoms with Gasteiger partial charge < -0.3 is 9.15 Å². The second-order valence-corrected chi connectivity index (χ2v) is 5.12. The minimum atomic E-state index is -1.03. The summed E-state index contributed by atoms with van der Waals surface area (Å²) in [6.07, 6.45) is -0.960. The Morgan fingerprint density at radius 1 is 1.04 bits per heavy atom. The van der Waals surface area contributed by atoms with Crippen LogP contribution < -0.4 is 0 Å². The van der Waals surface area contributed by atoms with Gasteiger partial charge in [-0.1, -0.05) is 0 Å². The zero-order chi connectivity index (χ0) is 18.0. The first kappa shape index (κ1) is 16.7. The Balaban J connectivity index is 1.74. The van der Waals surface area contributed by atoms with Gasteiger partial charge in [-0.15, -0.1) is 10.2 Å². The molecule has 0 fully saturated rings. The lowest BCUT2D eigenvalue weighted by molar-refractivity contribution is 0.0274.